The monoisotopic (exact) mass is 370 g/mol. The van der Waals surface area contributed by atoms with Crippen molar-refractivity contribution in [3.63, 3.8) is 0 Å². The van der Waals surface area contributed by atoms with Crippen LogP contribution in [0.15, 0.2) is 47.4 Å². The van der Waals surface area contributed by atoms with Crippen molar-refractivity contribution < 1.29 is 21.9 Å². The van der Waals surface area contributed by atoms with Crippen molar-refractivity contribution in [2.45, 2.75) is 11.4 Å². The molecule has 8 heteroatoms. The molecule has 2 aromatic carbocycles. The summed E-state index contributed by atoms with van der Waals surface area (Å²) in [6, 6.07) is 9.70. The molecule has 0 spiro atoms. The largest absolute Gasteiger partial charge is 0.492 e. The zero-order valence-corrected chi connectivity index (χ0v) is 14.8. The molecule has 2 rings (SSSR count). The van der Waals surface area contributed by atoms with Crippen molar-refractivity contribution in [1.82, 2.24) is 9.62 Å². The Hall–Kier alpha value is -2.03. The number of halogens is 2. The van der Waals surface area contributed by atoms with Gasteiger partial charge in [-0.15, -0.1) is 0 Å². The molecule has 0 atom stereocenters. The van der Waals surface area contributed by atoms with Crippen molar-refractivity contribution in [3.8, 4) is 5.75 Å². The van der Waals surface area contributed by atoms with E-state index >= 15 is 0 Å². The Bertz CT molecular complexity index is 789. The number of hydrogen-bond acceptors (Lipinski definition) is 4. The standard InChI is InChI=1S/C17H20F2N2O3S/c1-21(2)10-11-24-14-8-6-13(7-9-14)12-20-25(22,23)17-15(18)4-3-5-16(17)19/h3-9,20H,10-12H2,1-2H3. The van der Waals surface area contributed by atoms with Crippen LogP contribution in [-0.2, 0) is 16.6 Å². The Balaban J connectivity index is 1.99. The third-order valence-electron chi connectivity index (χ3n) is 3.38. The summed E-state index contributed by atoms with van der Waals surface area (Å²) in [5.74, 6) is -1.59. The van der Waals surface area contributed by atoms with Crippen LogP contribution >= 0.6 is 0 Å². The Labute approximate surface area is 146 Å². The van der Waals surface area contributed by atoms with E-state index in [1.807, 2.05) is 19.0 Å². The highest BCUT2D eigenvalue weighted by Crippen LogP contribution is 2.19. The van der Waals surface area contributed by atoms with Gasteiger partial charge in [-0.2, -0.15) is 0 Å². The Kier molecular flexibility index (Phi) is 6.46. The minimum atomic E-state index is -4.29. The molecule has 136 valence electrons. The van der Waals surface area contributed by atoms with Gasteiger partial charge in [0.1, 0.15) is 24.0 Å². The van der Waals surface area contributed by atoms with Crippen LogP contribution in [0.2, 0.25) is 0 Å². The van der Waals surface area contributed by atoms with Crippen LogP contribution in [0.5, 0.6) is 5.75 Å². The summed E-state index contributed by atoms with van der Waals surface area (Å²) >= 11 is 0. The van der Waals surface area contributed by atoms with Crippen LogP contribution in [0.1, 0.15) is 5.56 Å². The van der Waals surface area contributed by atoms with E-state index in [0.29, 0.717) is 17.9 Å². The van der Waals surface area contributed by atoms with Gasteiger partial charge in [0, 0.05) is 13.1 Å². The molecular formula is C17H20F2N2O3S. The van der Waals surface area contributed by atoms with Gasteiger partial charge in [0.25, 0.3) is 0 Å². The minimum Gasteiger partial charge on any atom is -0.492 e. The van der Waals surface area contributed by atoms with Crippen LogP contribution in [0, 0.1) is 11.6 Å². The highest BCUT2D eigenvalue weighted by molar-refractivity contribution is 7.89. The molecule has 0 heterocycles. The lowest BCUT2D eigenvalue weighted by molar-refractivity contribution is 0.261. The van der Waals surface area contributed by atoms with Crippen LogP contribution in [0.25, 0.3) is 0 Å². The maximum Gasteiger partial charge on any atom is 0.246 e. The van der Waals surface area contributed by atoms with Crippen LogP contribution in [-0.4, -0.2) is 40.6 Å². The third kappa shape index (κ3) is 5.48. The molecule has 5 nitrogen and oxygen atoms in total. The topological polar surface area (TPSA) is 58.6 Å². The van der Waals surface area contributed by atoms with Gasteiger partial charge in [0.05, 0.1) is 0 Å². The lowest BCUT2D eigenvalue weighted by Gasteiger charge is -2.12. The Morgan fingerprint density at radius 1 is 1.04 bits per heavy atom. The van der Waals surface area contributed by atoms with Gasteiger partial charge in [-0.05, 0) is 43.9 Å². The molecule has 0 amide bonds. The fourth-order valence-corrected chi connectivity index (χ4v) is 3.19. The minimum absolute atomic E-state index is 0.0892. The summed E-state index contributed by atoms with van der Waals surface area (Å²) in [6.45, 7) is 1.22. The van der Waals surface area contributed by atoms with Crippen molar-refractivity contribution in [1.29, 1.82) is 0 Å². The predicted octanol–water partition coefficient (Wildman–Crippen LogP) is 2.38. The number of sulfonamides is 1. The second-order valence-corrected chi connectivity index (χ2v) is 7.37. The number of hydrogen-bond donors (Lipinski definition) is 1. The molecule has 25 heavy (non-hydrogen) atoms. The molecule has 0 unspecified atom stereocenters. The number of ether oxygens (including phenoxy) is 1. The molecule has 0 aliphatic heterocycles. The van der Waals surface area contributed by atoms with Crippen molar-refractivity contribution in [2.24, 2.45) is 0 Å². The molecular weight excluding hydrogens is 350 g/mol. The molecule has 0 saturated heterocycles. The first-order valence-electron chi connectivity index (χ1n) is 7.60. The molecule has 0 aromatic heterocycles. The van der Waals surface area contributed by atoms with Gasteiger partial charge in [-0.25, -0.2) is 21.9 Å². The lowest BCUT2D eigenvalue weighted by Crippen LogP contribution is -2.25. The summed E-state index contributed by atoms with van der Waals surface area (Å²) in [5, 5.41) is 0. The van der Waals surface area contributed by atoms with Crippen LogP contribution in [0.3, 0.4) is 0 Å². The van der Waals surface area contributed by atoms with Gasteiger partial charge >= 0.3 is 0 Å². The fourth-order valence-electron chi connectivity index (χ4n) is 2.04. The van der Waals surface area contributed by atoms with Gasteiger partial charge in [-0.1, -0.05) is 18.2 Å². The number of nitrogens with zero attached hydrogens (tertiary/aromatic N) is 1. The normalized spacial score (nSPS) is 11.7. The molecule has 1 N–H and O–H groups in total. The van der Waals surface area contributed by atoms with Gasteiger partial charge in [-0.3, -0.25) is 0 Å². The van der Waals surface area contributed by atoms with Crippen molar-refractivity contribution >= 4 is 10.0 Å². The summed E-state index contributed by atoms with van der Waals surface area (Å²) in [5.41, 5.74) is 0.639. The first-order chi connectivity index (χ1) is 11.8. The van der Waals surface area contributed by atoms with Crippen molar-refractivity contribution in [3.05, 3.63) is 59.7 Å². The first-order valence-corrected chi connectivity index (χ1v) is 9.08. The molecule has 0 aliphatic carbocycles. The molecule has 2 aromatic rings. The second-order valence-electron chi connectivity index (χ2n) is 5.67. The summed E-state index contributed by atoms with van der Waals surface area (Å²) in [6.07, 6.45) is 0. The second kappa shape index (κ2) is 8.37. The third-order valence-corrected chi connectivity index (χ3v) is 4.84. The molecule has 0 saturated carbocycles. The highest BCUT2D eigenvalue weighted by atomic mass is 32.2. The summed E-state index contributed by atoms with van der Waals surface area (Å²) < 4.78 is 59.2. The average Bonchev–Trinajstić information content (AvgIpc) is 2.53. The molecule has 0 radical (unpaired) electrons. The van der Waals surface area contributed by atoms with E-state index in [1.165, 1.54) is 0 Å². The number of rotatable bonds is 8. The number of nitrogens with one attached hydrogen (secondary N) is 1. The summed E-state index contributed by atoms with van der Waals surface area (Å²) in [4.78, 5) is 1.02. The smallest absolute Gasteiger partial charge is 0.246 e. The van der Waals surface area contributed by atoms with E-state index in [1.54, 1.807) is 24.3 Å². The van der Waals surface area contributed by atoms with E-state index in [2.05, 4.69) is 4.72 Å². The van der Waals surface area contributed by atoms with Crippen LogP contribution < -0.4 is 9.46 Å². The highest BCUT2D eigenvalue weighted by Gasteiger charge is 2.23. The van der Waals surface area contributed by atoms with E-state index < -0.39 is 26.6 Å². The zero-order valence-electron chi connectivity index (χ0n) is 14.0. The van der Waals surface area contributed by atoms with E-state index in [0.717, 1.165) is 24.7 Å². The van der Waals surface area contributed by atoms with Gasteiger partial charge in [0.15, 0.2) is 4.90 Å². The number of benzene rings is 2. The quantitative estimate of drug-likeness (QED) is 0.775. The first kappa shape index (κ1) is 19.3. The van der Waals surface area contributed by atoms with E-state index in [-0.39, 0.29) is 6.54 Å². The maximum atomic E-state index is 13.6. The van der Waals surface area contributed by atoms with E-state index in [9.17, 15) is 17.2 Å². The van der Waals surface area contributed by atoms with Gasteiger partial charge in [0.2, 0.25) is 10.0 Å². The fraction of sp³-hybridized carbons (Fsp3) is 0.294. The maximum absolute atomic E-state index is 13.6. The Morgan fingerprint density at radius 3 is 2.20 bits per heavy atom. The summed E-state index contributed by atoms with van der Waals surface area (Å²) in [7, 11) is -0.408. The van der Waals surface area contributed by atoms with Gasteiger partial charge < -0.3 is 9.64 Å². The molecule has 0 bridgehead atoms. The predicted molar refractivity (Wildman–Crippen MR) is 90.9 cm³/mol. The number of likely N-dealkylation sites (N-methyl/N-ethyl adjacent to an activating group) is 1. The van der Waals surface area contributed by atoms with Crippen LogP contribution in [0.4, 0.5) is 8.78 Å². The lowest BCUT2D eigenvalue weighted by atomic mass is 10.2. The SMILES string of the molecule is CN(C)CCOc1ccc(CNS(=O)(=O)c2c(F)cccc2F)cc1. The molecule has 0 fully saturated rings. The zero-order chi connectivity index (χ0) is 18.4. The Morgan fingerprint density at radius 2 is 1.64 bits per heavy atom. The van der Waals surface area contributed by atoms with Crippen molar-refractivity contribution in [2.75, 3.05) is 27.2 Å². The molecule has 0 aliphatic rings. The van der Waals surface area contributed by atoms with E-state index in [4.69, 9.17) is 4.74 Å². The average molecular weight is 370 g/mol.